The number of rotatable bonds is 17. The van der Waals surface area contributed by atoms with Gasteiger partial charge in [-0.25, -0.2) is 4.98 Å². The number of hydrogen-bond acceptors (Lipinski definition) is 6. The predicted molar refractivity (Wildman–Crippen MR) is 173 cm³/mol. The fourth-order valence-corrected chi connectivity index (χ4v) is 5.75. The maximum Gasteiger partial charge on any atom is 0.174 e. The summed E-state index contributed by atoms with van der Waals surface area (Å²) >= 11 is 0. The minimum absolute atomic E-state index is 0.218. The number of nitrogens with zero attached hydrogens (tertiary/aromatic N) is 2. The first-order valence-corrected chi connectivity index (χ1v) is 15.6. The van der Waals surface area contributed by atoms with Crippen LogP contribution in [-0.2, 0) is 29.2 Å². The van der Waals surface area contributed by atoms with Gasteiger partial charge in [-0.2, -0.15) is 0 Å². The van der Waals surface area contributed by atoms with Crippen LogP contribution in [0, 0.1) is 0 Å². The Bertz CT molecular complexity index is 1410. The standard InChI is InChI=1S/C36H45N3O5/c1-40-21-6-19-39-20-18-38-36(39)30-10-5-8-28(24-30)26-44-35-25-37-17-16-33(35)29-12-14-32(15-13-29)43-23-7-22-42-27-31-9-3-4-11-34(31)41-2/h3-5,8-15,18,20,24,33,35,37H,6-7,16-17,19,21-23,25-27H2,1-2H3/p+1/t33-,35?/m1/s1. The molecule has 5 rings (SSSR count). The highest BCUT2D eigenvalue weighted by Crippen LogP contribution is 2.29. The van der Waals surface area contributed by atoms with Crippen molar-refractivity contribution in [3.8, 4) is 22.9 Å². The lowest BCUT2D eigenvalue weighted by molar-refractivity contribution is -0.134. The fraction of sp³-hybridized carbons (Fsp3) is 0.417. The molecule has 0 amide bonds. The zero-order valence-corrected chi connectivity index (χ0v) is 26.0. The first kappa shape index (κ1) is 31.7. The molecule has 1 aliphatic heterocycles. The van der Waals surface area contributed by atoms with Crippen molar-refractivity contribution < 1.29 is 23.7 Å². The number of nitrogens with one attached hydrogen (secondary N) is 1. The van der Waals surface area contributed by atoms with Crippen LogP contribution in [0.5, 0.6) is 11.5 Å². The van der Waals surface area contributed by atoms with E-state index in [1.807, 2.05) is 36.7 Å². The van der Waals surface area contributed by atoms with E-state index in [1.54, 1.807) is 14.2 Å². The zero-order valence-electron chi connectivity index (χ0n) is 26.0. The van der Waals surface area contributed by atoms with Gasteiger partial charge in [-0.1, -0.05) is 48.5 Å². The first-order chi connectivity index (χ1) is 21.7. The molecule has 8 nitrogen and oxygen atoms in total. The van der Waals surface area contributed by atoms with Gasteiger partial charge in [0.05, 0.1) is 39.4 Å². The molecule has 1 aliphatic rings. The van der Waals surface area contributed by atoms with Crippen LogP contribution < -0.4 is 14.8 Å². The quantitative estimate of drug-likeness (QED) is 0.123. The van der Waals surface area contributed by atoms with Crippen molar-refractivity contribution in [1.29, 1.82) is 0 Å². The van der Waals surface area contributed by atoms with Crippen LogP contribution in [0.3, 0.4) is 0 Å². The summed E-state index contributed by atoms with van der Waals surface area (Å²) in [6.45, 7) is 5.99. The molecule has 0 aliphatic carbocycles. The largest absolute Gasteiger partial charge is 0.496 e. The van der Waals surface area contributed by atoms with Gasteiger partial charge in [-0.15, -0.1) is 0 Å². The summed E-state index contributed by atoms with van der Waals surface area (Å²) < 4.78 is 29.8. The van der Waals surface area contributed by atoms with E-state index in [1.165, 1.54) is 11.1 Å². The molecular formula is C36H46N3O5+. The van der Waals surface area contributed by atoms with Gasteiger partial charge in [0.25, 0.3) is 0 Å². The number of aryl methyl sites for hydroxylation is 1. The van der Waals surface area contributed by atoms with Crippen LogP contribution in [0.2, 0.25) is 0 Å². The van der Waals surface area contributed by atoms with Crippen LogP contribution in [0.25, 0.3) is 11.4 Å². The number of aromatic nitrogens is 2. The molecule has 0 spiro atoms. The predicted octanol–water partition coefficient (Wildman–Crippen LogP) is 5.75. The van der Waals surface area contributed by atoms with E-state index in [4.69, 9.17) is 23.7 Å². The Balaban J connectivity index is 1.09. The number of imidazole rings is 1. The summed E-state index contributed by atoms with van der Waals surface area (Å²) in [6, 6.07) is 25.1. The second-order valence-electron chi connectivity index (χ2n) is 11.1. The van der Waals surface area contributed by atoms with E-state index >= 15 is 0 Å². The molecule has 2 N–H and O–H groups in total. The number of para-hydroxylation sites is 1. The molecule has 0 bridgehead atoms. The Hall–Kier alpha value is -3.69. The second kappa shape index (κ2) is 17.0. The van der Waals surface area contributed by atoms with E-state index in [2.05, 4.69) is 63.4 Å². The molecule has 1 fully saturated rings. The monoisotopic (exact) mass is 600 g/mol. The van der Waals surface area contributed by atoms with Crippen molar-refractivity contribution in [3.63, 3.8) is 0 Å². The molecule has 1 aromatic heterocycles. The summed E-state index contributed by atoms with van der Waals surface area (Å²) in [5.41, 5.74) is 4.70. The first-order valence-electron chi connectivity index (χ1n) is 15.6. The van der Waals surface area contributed by atoms with E-state index < -0.39 is 0 Å². The molecular weight excluding hydrogens is 554 g/mol. The Morgan fingerprint density at radius 3 is 2.70 bits per heavy atom. The van der Waals surface area contributed by atoms with Gasteiger partial charge in [-0.3, -0.25) is 0 Å². The number of piperidine rings is 1. The highest BCUT2D eigenvalue weighted by atomic mass is 16.5. The molecule has 44 heavy (non-hydrogen) atoms. The van der Waals surface area contributed by atoms with E-state index in [-0.39, 0.29) is 6.10 Å². The van der Waals surface area contributed by atoms with Gasteiger partial charge in [0.2, 0.25) is 0 Å². The molecule has 8 heteroatoms. The number of aliphatic hydroxyl groups is 2. The molecule has 0 saturated carbocycles. The third-order valence-corrected chi connectivity index (χ3v) is 8.07. The molecule has 1 saturated heterocycles. The van der Waals surface area contributed by atoms with Crippen LogP contribution in [0.15, 0.2) is 85.2 Å². The number of ether oxygens (including phenoxy) is 5. The van der Waals surface area contributed by atoms with Crippen molar-refractivity contribution in [2.24, 2.45) is 0 Å². The summed E-state index contributed by atoms with van der Waals surface area (Å²) in [4.78, 5) is 4.62. The van der Waals surface area contributed by atoms with Crippen molar-refractivity contribution in [1.82, 2.24) is 14.9 Å². The van der Waals surface area contributed by atoms with Gasteiger partial charge in [0.15, 0.2) is 12.7 Å². The Morgan fingerprint density at radius 2 is 1.84 bits per heavy atom. The van der Waals surface area contributed by atoms with Crippen molar-refractivity contribution in [2.45, 2.75) is 51.0 Å². The van der Waals surface area contributed by atoms with Crippen LogP contribution in [0.1, 0.15) is 41.9 Å². The van der Waals surface area contributed by atoms with E-state index in [0.717, 1.165) is 74.0 Å². The third kappa shape index (κ3) is 8.92. The molecule has 0 radical (unpaired) electrons. The highest BCUT2D eigenvalue weighted by molar-refractivity contribution is 5.56. The maximum absolute atomic E-state index is 6.00. The molecule has 234 valence electrons. The minimum atomic E-state index is 0.218. The minimum Gasteiger partial charge on any atom is -0.496 e. The van der Waals surface area contributed by atoms with Gasteiger partial charge >= 0.3 is 0 Å². The number of benzene rings is 3. The maximum atomic E-state index is 6.00. The van der Waals surface area contributed by atoms with Crippen molar-refractivity contribution in [3.05, 3.63) is 102 Å². The van der Waals surface area contributed by atoms with Crippen LogP contribution in [0.4, 0.5) is 0 Å². The molecule has 2 heterocycles. The van der Waals surface area contributed by atoms with Gasteiger partial charge in [0.1, 0.15) is 17.3 Å². The Labute approximate surface area is 261 Å². The summed E-state index contributed by atoms with van der Waals surface area (Å²) in [5.74, 6) is 3.12. The topological polar surface area (TPSA) is 79.6 Å². The average Bonchev–Trinajstić information content (AvgIpc) is 3.55. The second-order valence-corrected chi connectivity index (χ2v) is 11.1. The van der Waals surface area contributed by atoms with Crippen LogP contribution >= 0.6 is 0 Å². The third-order valence-electron chi connectivity index (χ3n) is 8.07. The van der Waals surface area contributed by atoms with Gasteiger partial charge in [-0.05, 0) is 49.2 Å². The number of methoxy groups -OCH3 is 2. The molecule has 3 aromatic carbocycles. The van der Waals surface area contributed by atoms with Crippen molar-refractivity contribution in [2.75, 3.05) is 47.1 Å². The molecule has 2 atom stereocenters. The average molecular weight is 601 g/mol. The highest BCUT2D eigenvalue weighted by Gasteiger charge is 2.31. The summed E-state index contributed by atoms with van der Waals surface area (Å²) in [7, 11) is 3.42. The van der Waals surface area contributed by atoms with Crippen LogP contribution in [-0.4, -0.2) is 67.5 Å². The zero-order chi connectivity index (χ0) is 30.4. The normalized spacial score (nSPS) is 16.6. The lowest BCUT2D eigenvalue weighted by Crippen LogP contribution is -2.42. The van der Waals surface area contributed by atoms with E-state index in [0.29, 0.717) is 32.3 Å². The lowest BCUT2D eigenvalue weighted by Gasteiger charge is -2.29. The van der Waals surface area contributed by atoms with E-state index in [9.17, 15) is 0 Å². The summed E-state index contributed by atoms with van der Waals surface area (Å²) in [6.07, 6.45) is 6.97. The summed E-state index contributed by atoms with van der Waals surface area (Å²) in [5, 5.41) is 3.55. The van der Waals surface area contributed by atoms with Gasteiger partial charge in [0, 0.05) is 55.8 Å². The molecule has 1 unspecified atom stereocenters. The molecule has 4 aromatic rings. The van der Waals surface area contributed by atoms with Crippen molar-refractivity contribution >= 4 is 0 Å². The SMILES string of the molecule is COCCCn1ccnc1-c1cccc(C[OH+]C2CNCC[C@@H]2c2ccc(OCCCOCc3ccccc3OC)cc2)c1. The Morgan fingerprint density at radius 1 is 0.955 bits per heavy atom. The smallest absolute Gasteiger partial charge is 0.174 e. The lowest BCUT2D eigenvalue weighted by atomic mass is 9.87. The number of hydrogen-bond donors (Lipinski definition) is 1. The van der Waals surface area contributed by atoms with Gasteiger partial charge < -0.3 is 33.6 Å². The Kier molecular flexibility index (Phi) is 12.2. The fourth-order valence-electron chi connectivity index (χ4n) is 5.75.